The molecule has 1 aromatic heterocycles. The highest BCUT2D eigenvalue weighted by molar-refractivity contribution is 7.99. The Kier molecular flexibility index (Phi) is 4.11. The number of aryl methyl sites for hydroxylation is 2. The molecule has 5 nitrogen and oxygen atoms in total. The molecule has 0 fully saturated rings. The number of carboxylic acid groups (broad SMARTS) is 1. The molecule has 0 aliphatic heterocycles. The van der Waals surface area contributed by atoms with Crippen molar-refractivity contribution in [2.75, 3.05) is 5.75 Å². The molecule has 0 radical (unpaired) electrons. The average molecular weight is 298 g/mol. The van der Waals surface area contributed by atoms with Gasteiger partial charge in [-0.3, -0.25) is 9.36 Å². The maximum atomic E-state index is 10.6. The van der Waals surface area contributed by atoms with Gasteiger partial charge in [0.15, 0.2) is 5.16 Å². The van der Waals surface area contributed by atoms with Crippen molar-refractivity contribution in [3.05, 3.63) is 34.6 Å². The van der Waals surface area contributed by atoms with Crippen LogP contribution >= 0.6 is 23.4 Å². The van der Waals surface area contributed by atoms with Gasteiger partial charge in [0.2, 0.25) is 0 Å². The van der Waals surface area contributed by atoms with Gasteiger partial charge in [-0.25, -0.2) is 0 Å². The lowest BCUT2D eigenvalue weighted by molar-refractivity contribution is -0.133. The van der Waals surface area contributed by atoms with Crippen LogP contribution in [0.25, 0.3) is 5.69 Å². The molecule has 1 aromatic carbocycles. The third-order valence-corrected chi connectivity index (χ3v) is 3.94. The zero-order chi connectivity index (χ0) is 14.0. The summed E-state index contributed by atoms with van der Waals surface area (Å²) in [4.78, 5) is 10.6. The van der Waals surface area contributed by atoms with Gasteiger partial charge < -0.3 is 5.11 Å². The van der Waals surface area contributed by atoms with Crippen molar-refractivity contribution in [3.8, 4) is 5.69 Å². The third-order valence-electron chi connectivity index (χ3n) is 2.53. The number of rotatable bonds is 4. The predicted molar refractivity (Wildman–Crippen MR) is 74.2 cm³/mol. The fourth-order valence-electron chi connectivity index (χ4n) is 1.64. The summed E-state index contributed by atoms with van der Waals surface area (Å²) in [7, 11) is 0. The lowest BCUT2D eigenvalue weighted by Gasteiger charge is -2.11. The van der Waals surface area contributed by atoms with E-state index in [4.69, 9.17) is 16.7 Å². The zero-order valence-electron chi connectivity index (χ0n) is 10.4. The molecule has 0 unspecified atom stereocenters. The summed E-state index contributed by atoms with van der Waals surface area (Å²) >= 11 is 7.41. The van der Waals surface area contributed by atoms with Crippen molar-refractivity contribution in [1.82, 2.24) is 14.8 Å². The molecule has 100 valence electrons. The van der Waals surface area contributed by atoms with E-state index in [9.17, 15) is 4.79 Å². The summed E-state index contributed by atoms with van der Waals surface area (Å²) in [5.74, 6) is -0.297. The van der Waals surface area contributed by atoms with Crippen LogP contribution in [0.3, 0.4) is 0 Å². The second kappa shape index (κ2) is 5.63. The molecule has 0 amide bonds. The number of nitrogens with zero attached hydrogens (tertiary/aromatic N) is 3. The number of aliphatic carboxylic acids is 1. The Balaban J connectivity index is 2.46. The first-order valence-electron chi connectivity index (χ1n) is 5.53. The number of halogens is 1. The lowest BCUT2D eigenvalue weighted by atomic mass is 10.2. The maximum Gasteiger partial charge on any atom is 0.313 e. The first kappa shape index (κ1) is 13.9. The van der Waals surface area contributed by atoms with Crippen LogP contribution in [0.4, 0.5) is 0 Å². The monoisotopic (exact) mass is 297 g/mol. The molecular formula is C12H12ClN3O2S. The van der Waals surface area contributed by atoms with Gasteiger partial charge in [-0.15, -0.1) is 10.2 Å². The molecule has 0 bridgehead atoms. The van der Waals surface area contributed by atoms with E-state index in [1.165, 1.54) is 0 Å². The molecule has 0 saturated heterocycles. The highest BCUT2D eigenvalue weighted by atomic mass is 35.5. The van der Waals surface area contributed by atoms with Crippen molar-refractivity contribution in [2.24, 2.45) is 0 Å². The average Bonchev–Trinajstić information content (AvgIpc) is 2.72. The number of thioether (sulfide) groups is 1. The Morgan fingerprint density at radius 1 is 1.42 bits per heavy atom. The summed E-state index contributed by atoms with van der Waals surface area (Å²) in [6.45, 7) is 3.71. The van der Waals surface area contributed by atoms with Gasteiger partial charge in [-0.05, 0) is 25.5 Å². The van der Waals surface area contributed by atoms with Gasteiger partial charge in [0.1, 0.15) is 5.82 Å². The van der Waals surface area contributed by atoms with Crippen LogP contribution in [0, 0.1) is 13.8 Å². The maximum absolute atomic E-state index is 10.6. The Morgan fingerprint density at radius 2 is 2.16 bits per heavy atom. The van der Waals surface area contributed by atoms with Crippen LogP contribution in [0.2, 0.25) is 5.02 Å². The van der Waals surface area contributed by atoms with Crippen molar-refractivity contribution in [3.63, 3.8) is 0 Å². The highest BCUT2D eigenvalue weighted by Crippen LogP contribution is 2.28. The first-order chi connectivity index (χ1) is 9.00. The molecule has 0 saturated carbocycles. The van der Waals surface area contributed by atoms with E-state index < -0.39 is 5.97 Å². The van der Waals surface area contributed by atoms with Gasteiger partial charge in [-0.2, -0.15) is 0 Å². The van der Waals surface area contributed by atoms with Crippen LogP contribution in [0.1, 0.15) is 11.4 Å². The van der Waals surface area contributed by atoms with Crippen LogP contribution in [-0.2, 0) is 4.79 Å². The normalized spacial score (nSPS) is 10.7. The number of hydrogen-bond donors (Lipinski definition) is 1. The SMILES string of the molecule is Cc1cccc(-n2c(C)nnc2SCC(=O)O)c1Cl. The van der Waals surface area contributed by atoms with E-state index >= 15 is 0 Å². The quantitative estimate of drug-likeness (QED) is 0.879. The summed E-state index contributed by atoms with van der Waals surface area (Å²) in [5, 5.41) is 17.8. The van der Waals surface area contributed by atoms with Crippen LogP contribution in [-0.4, -0.2) is 31.6 Å². The van der Waals surface area contributed by atoms with Gasteiger partial charge >= 0.3 is 5.97 Å². The Morgan fingerprint density at radius 3 is 2.84 bits per heavy atom. The van der Waals surface area contributed by atoms with E-state index in [1.54, 1.807) is 11.5 Å². The Labute approximate surface area is 119 Å². The molecule has 2 aromatic rings. The van der Waals surface area contributed by atoms with Crippen LogP contribution < -0.4 is 0 Å². The molecule has 0 spiro atoms. The number of aromatic nitrogens is 3. The van der Waals surface area contributed by atoms with E-state index in [1.807, 2.05) is 25.1 Å². The fraction of sp³-hybridized carbons (Fsp3) is 0.250. The molecule has 7 heteroatoms. The molecular weight excluding hydrogens is 286 g/mol. The van der Waals surface area contributed by atoms with Gasteiger partial charge in [0.05, 0.1) is 16.5 Å². The minimum atomic E-state index is -0.896. The second-order valence-corrected chi connectivity index (χ2v) is 5.28. The molecule has 1 N–H and O–H groups in total. The summed E-state index contributed by atoms with van der Waals surface area (Å²) in [6.07, 6.45) is 0. The Bertz CT molecular complexity index is 627. The molecule has 1 heterocycles. The van der Waals surface area contributed by atoms with Gasteiger partial charge in [0.25, 0.3) is 0 Å². The summed E-state index contributed by atoms with van der Waals surface area (Å²) < 4.78 is 1.77. The molecule has 0 atom stereocenters. The fourth-order valence-corrected chi connectivity index (χ4v) is 2.57. The minimum Gasteiger partial charge on any atom is -0.481 e. The summed E-state index contributed by atoms with van der Waals surface area (Å²) in [6, 6.07) is 5.66. The summed E-state index contributed by atoms with van der Waals surface area (Å²) in [5.41, 5.74) is 1.71. The smallest absolute Gasteiger partial charge is 0.313 e. The standard InChI is InChI=1S/C12H12ClN3O2S/c1-7-4-3-5-9(11(7)13)16-8(2)14-15-12(16)19-6-10(17)18/h3-5H,6H2,1-2H3,(H,17,18). The topological polar surface area (TPSA) is 68.0 Å². The Hall–Kier alpha value is -1.53. The second-order valence-electron chi connectivity index (χ2n) is 3.96. The molecule has 0 aliphatic rings. The van der Waals surface area contributed by atoms with E-state index in [0.717, 1.165) is 23.0 Å². The number of carboxylic acids is 1. The van der Waals surface area contributed by atoms with Crippen molar-refractivity contribution in [2.45, 2.75) is 19.0 Å². The van der Waals surface area contributed by atoms with Crippen molar-refractivity contribution >= 4 is 29.3 Å². The zero-order valence-corrected chi connectivity index (χ0v) is 12.0. The lowest BCUT2D eigenvalue weighted by Crippen LogP contribution is -2.04. The predicted octanol–water partition coefficient (Wildman–Crippen LogP) is 2.71. The van der Waals surface area contributed by atoms with Gasteiger partial charge in [0, 0.05) is 0 Å². The van der Waals surface area contributed by atoms with Crippen molar-refractivity contribution < 1.29 is 9.90 Å². The largest absolute Gasteiger partial charge is 0.481 e. The van der Waals surface area contributed by atoms with E-state index in [0.29, 0.717) is 16.0 Å². The van der Waals surface area contributed by atoms with Crippen LogP contribution in [0.5, 0.6) is 0 Å². The van der Waals surface area contributed by atoms with Crippen molar-refractivity contribution in [1.29, 1.82) is 0 Å². The van der Waals surface area contributed by atoms with Gasteiger partial charge in [-0.1, -0.05) is 35.5 Å². The first-order valence-corrected chi connectivity index (χ1v) is 6.89. The van der Waals surface area contributed by atoms with E-state index in [2.05, 4.69) is 10.2 Å². The number of hydrogen-bond acceptors (Lipinski definition) is 4. The number of benzene rings is 1. The highest BCUT2D eigenvalue weighted by Gasteiger charge is 2.15. The van der Waals surface area contributed by atoms with E-state index in [-0.39, 0.29) is 5.75 Å². The molecule has 2 rings (SSSR count). The van der Waals surface area contributed by atoms with Crippen LogP contribution in [0.15, 0.2) is 23.4 Å². The molecule has 0 aliphatic carbocycles. The number of carbonyl (C=O) groups is 1. The third kappa shape index (κ3) is 2.90. The molecule has 19 heavy (non-hydrogen) atoms. The minimum absolute atomic E-state index is 0.0679.